The quantitative estimate of drug-likeness (QED) is 0.655. The highest BCUT2D eigenvalue weighted by molar-refractivity contribution is 5.57. The second kappa shape index (κ2) is 5.30. The maximum absolute atomic E-state index is 10.9. The molecule has 2 atom stereocenters. The van der Waals surface area contributed by atoms with Crippen LogP contribution in [0.5, 0.6) is 0 Å². The molecule has 1 aromatic heterocycles. The van der Waals surface area contributed by atoms with Gasteiger partial charge >= 0.3 is 5.82 Å². The number of aromatic nitrogens is 1. The number of pyridine rings is 1. The zero-order valence-electron chi connectivity index (χ0n) is 10.7. The number of hydrogen-bond acceptors (Lipinski definition) is 5. The number of nitrogens with zero attached hydrogens (tertiary/aromatic N) is 3. The van der Waals surface area contributed by atoms with Gasteiger partial charge in [0.2, 0.25) is 0 Å². The van der Waals surface area contributed by atoms with Gasteiger partial charge in [0.05, 0.1) is 0 Å². The lowest BCUT2D eigenvalue weighted by Gasteiger charge is -2.35. The van der Waals surface area contributed by atoms with Crippen molar-refractivity contribution in [1.82, 2.24) is 9.88 Å². The van der Waals surface area contributed by atoms with Gasteiger partial charge in [0, 0.05) is 18.6 Å². The molecule has 1 fully saturated rings. The van der Waals surface area contributed by atoms with E-state index in [1.807, 2.05) is 0 Å². The minimum atomic E-state index is -0.444. The molecule has 2 heterocycles. The van der Waals surface area contributed by atoms with Crippen LogP contribution in [0.25, 0.3) is 0 Å². The SMILES string of the molecule is CC1CC(Nc2cccnc2[N+](=O)[O-])CCN1C. The van der Waals surface area contributed by atoms with Crippen LogP contribution in [0.15, 0.2) is 18.3 Å². The van der Waals surface area contributed by atoms with E-state index in [2.05, 4.69) is 29.2 Å². The maximum Gasteiger partial charge on any atom is 0.386 e. The Kier molecular flexibility index (Phi) is 3.76. The van der Waals surface area contributed by atoms with Crippen LogP contribution in [0.2, 0.25) is 0 Å². The molecule has 0 aromatic carbocycles. The highest BCUT2D eigenvalue weighted by Gasteiger charge is 2.24. The number of likely N-dealkylation sites (tertiary alicyclic amines) is 1. The van der Waals surface area contributed by atoms with E-state index in [4.69, 9.17) is 0 Å². The van der Waals surface area contributed by atoms with Crippen LogP contribution in [-0.2, 0) is 0 Å². The molecular weight excluding hydrogens is 232 g/mol. The molecular formula is C12H18N4O2. The molecule has 0 aliphatic carbocycles. The van der Waals surface area contributed by atoms with Gasteiger partial charge in [-0.3, -0.25) is 0 Å². The second-order valence-electron chi connectivity index (χ2n) is 4.83. The summed E-state index contributed by atoms with van der Waals surface area (Å²) in [5, 5.41) is 14.1. The van der Waals surface area contributed by atoms with Crippen LogP contribution in [0.4, 0.5) is 11.5 Å². The van der Waals surface area contributed by atoms with Gasteiger partial charge in [-0.15, -0.1) is 0 Å². The molecule has 0 amide bonds. The van der Waals surface area contributed by atoms with Gasteiger partial charge in [0.15, 0.2) is 0 Å². The Morgan fingerprint density at radius 1 is 1.61 bits per heavy atom. The van der Waals surface area contributed by atoms with Crippen molar-refractivity contribution in [3.8, 4) is 0 Å². The van der Waals surface area contributed by atoms with E-state index < -0.39 is 4.92 Å². The van der Waals surface area contributed by atoms with Crippen LogP contribution < -0.4 is 5.32 Å². The van der Waals surface area contributed by atoms with Crippen molar-refractivity contribution in [2.75, 3.05) is 18.9 Å². The topological polar surface area (TPSA) is 71.3 Å². The third kappa shape index (κ3) is 2.76. The Labute approximate surface area is 106 Å². The van der Waals surface area contributed by atoms with Gasteiger partial charge in [-0.05, 0) is 48.9 Å². The number of nitro groups is 1. The molecule has 2 unspecified atom stereocenters. The summed E-state index contributed by atoms with van der Waals surface area (Å²) >= 11 is 0. The molecule has 6 nitrogen and oxygen atoms in total. The largest absolute Gasteiger partial charge is 0.386 e. The highest BCUT2D eigenvalue weighted by atomic mass is 16.6. The lowest BCUT2D eigenvalue weighted by atomic mass is 9.99. The average molecular weight is 250 g/mol. The van der Waals surface area contributed by atoms with Crippen LogP contribution in [0.3, 0.4) is 0 Å². The number of rotatable bonds is 3. The first kappa shape index (κ1) is 12.8. The van der Waals surface area contributed by atoms with Crippen molar-refractivity contribution in [3.05, 3.63) is 28.4 Å². The standard InChI is InChI=1S/C12H18N4O2/c1-9-8-10(5-7-15(9)2)14-11-4-3-6-13-12(11)16(17)18/h3-4,6,9-10,14H,5,7-8H2,1-2H3. The number of hydrogen-bond donors (Lipinski definition) is 1. The van der Waals surface area contributed by atoms with Gasteiger partial charge in [0.25, 0.3) is 0 Å². The fourth-order valence-electron chi connectivity index (χ4n) is 2.30. The van der Waals surface area contributed by atoms with E-state index in [-0.39, 0.29) is 11.9 Å². The van der Waals surface area contributed by atoms with Gasteiger partial charge in [-0.1, -0.05) is 0 Å². The van der Waals surface area contributed by atoms with Crippen molar-refractivity contribution >= 4 is 11.5 Å². The summed E-state index contributed by atoms with van der Waals surface area (Å²) in [6, 6.07) is 4.20. The Balaban J connectivity index is 2.08. The van der Waals surface area contributed by atoms with Gasteiger partial charge in [-0.25, -0.2) is 0 Å². The minimum Gasteiger partial charge on any atom is -0.375 e. The first-order valence-electron chi connectivity index (χ1n) is 6.14. The molecule has 6 heteroatoms. The fourth-order valence-corrected chi connectivity index (χ4v) is 2.30. The minimum absolute atomic E-state index is 0.0934. The summed E-state index contributed by atoms with van der Waals surface area (Å²) in [6.45, 7) is 3.18. The summed E-state index contributed by atoms with van der Waals surface area (Å²) in [4.78, 5) is 16.5. The summed E-state index contributed by atoms with van der Waals surface area (Å²) in [5.74, 6) is -0.0934. The van der Waals surface area contributed by atoms with E-state index in [0.717, 1.165) is 19.4 Å². The first-order valence-corrected chi connectivity index (χ1v) is 6.14. The summed E-state index contributed by atoms with van der Waals surface area (Å²) in [7, 11) is 2.10. The average Bonchev–Trinajstić information content (AvgIpc) is 2.34. The third-order valence-corrected chi connectivity index (χ3v) is 3.53. The molecule has 98 valence electrons. The predicted octanol–water partition coefficient (Wildman–Crippen LogP) is 1.88. The van der Waals surface area contributed by atoms with Crippen molar-refractivity contribution < 1.29 is 4.92 Å². The van der Waals surface area contributed by atoms with Crippen LogP contribution in [-0.4, -0.2) is 40.5 Å². The van der Waals surface area contributed by atoms with E-state index in [1.54, 1.807) is 12.1 Å². The number of anilines is 1. The summed E-state index contributed by atoms with van der Waals surface area (Å²) in [5.41, 5.74) is 0.518. The summed E-state index contributed by atoms with van der Waals surface area (Å²) in [6.07, 6.45) is 3.43. The Bertz CT molecular complexity index is 438. The molecule has 0 radical (unpaired) electrons. The Morgan fingerprint density at radius 3 is 3.06 bits per heavy atom. The smallest absolute Gasteiger partial charge is 0.375 e. The van der Waals surface area contributed by atoms with Crippen LogP contribution >= 0.6 is 0 Å². The van der Waals surface area contributed by atoms with Gasteiger partial charge in [0.1, 0.15) is 11.9 Å². The lowest BCUT2D eigenvalue weighted by Crippen LogP contribution is -2.42. The monoisotopic (exact) mass is 250 g/mol. The molecule has 0 spiro atoms. The fraction of sp³-hybridized carbons (Fsp3) is 0.583. The first-order chi connectivity index (χ1) is 8.58. The lowest BCUT2D eigenvalue weighted by molar-refractivity contribution is -0.388. The van der Waals surface area contributed by atoms with Gasteiger partial charge < -0.3 is 20.3 Å². The van der Waals surface area contributed by atoms with Crippen LogP contribution in [0.1, 0.15) is 19.8 Å². The molecule has 0 bridgehead atoms. The highest BCUT2D eigenvalue weighted by Crippen LogP contribution is 2.25. The zero-order valence-corrected chi connectivity index (χ0v) is 10.7. The molecule has 18 heavy (non-hydrogen) atoms. The zero-order chi connectivity index (χ0) is 13.1. The molecule has 2 rings (SSSR count). The maximum atomic E-state index is 10.9. The molecule has 1 aliphatic rings. The van der Waals surface area contributed by atoms with Crippen molar-refractivity contribution in [2.24, 2.45) is 0 Å². The van der Waals surface area contributed by atoms with Crippen molar-refractivity contribution in [2.45, 2.75) is 31.8 Å². The van der Waals surface area contributed by atoms with Gasteiger partial charge in [-0.2, -0.15) is 0 Å². The molecule has 0 saturated carbocycles. The molecule has 1 aromatic rings. The number of piperidine rings is 1. The van der Waals surface area contributed by atoms with E-state index in [0.29, 0.717) is 11.7 Å². The number of nitrogens with one attached hydrogen (secondary N) is 1. The second-order valence-corrected chi connectivity index (χ2v) is 4.83. The van der Waals surface area contributed by atoms with Crippen molar-refractivity contribution in [3.63, 3.8) is 0 Å². The molecule has 1 aliphatic heterocycles. The third-order valence-electron chi connectivity index (χ3n) is 3.53. The van der Waals surface area contributed by atoms with Crippen LogP contribution in [0, 0.1) is 10.1 Å². The van der Waals surface area contributed by atoms with Crippen molar-refractivity contribution in [1.29, 1.82) is 0 Å². The predicted molar refractivity (Wildman–Crippen MR) is 69.6 cm³/mol. The Morgan fingerprint density at radius 2 is 2.39 bits per heavy atom. The van der Waals surface area contributed by atoms with E-state index in [1.165, 1.54) is 6.20 Å². The molecule has 1 N–H and O–H groups in total. The van der Waals surface area contributed by atoms with E-state index >= 15 is 0 Å². The molecule has 1 saturated heterocycles. The Hall–Kier alpha value is -1.69. The van der Waals surface area contributed by atoms with E-state index in [9.17, 15) is 10.1 Å². The summed E-state index contributed by atoms with van der Waals surface area (Å²) < 4.78 is 0. The normalized spacial score (nSPS) is 24.8.